The maximum absolute atomic E-state index is 5.48. The van der Waals surface area contributed by atoms with Crippen LogP contribution in [0.3, 0.4) is 0 Å². The molecule has 0 atom stereocenters. The summed E-state index contributed by atoms with van der Waals surface area (Å²) in [5.74, 6) is 1.31. The van der Waals surface area contributed by atoms with Gasteiger partial charge in [0.15, 0.2) is 0 Å². The lowest BCUT2D eigenvalue weighted by Crippen LogP contribution is -2.24. The van der Waals surface area contributed by atoms with Crippen molar-refractivity contribution in [1.29, 1.82) is 0 Å². The molecule has 0 aromatic carbocycles. The average Bonchev–Trinajstić information content (AvgIpc) is 2.52. The number of hydrogen-bond acceptors (Lipinski definition) is 3. The zero-order valence-electron chi connectivity index (χ0n) is 6.49. The number of rotatable bonds is 4. The lowest BCUT2D eigenvalue weighted by Gasteiger charge is -2.08. The Morgan fingerprint density at radius 1 is 1.36 bits per heavy atom. The van der Waals surface area contributed by atoms with E-state index in [0.29, 0.717) is 19.0 Å². The molecule has 0 aliphatic carbocycles. The van der Waals surface area contributed by atoms with Gasteiger partial charge in [-0.05, 0) is 31.1 Å². The van der Waals surface area contributed by atoms with Crippen LogP contribution < -0.4 is 11.5 Å². The third-order valence-corrected chi connectivity index (χ3v) is 1.74. The standard InChI is InChI=1S/C8H14N2O/c9-5-7(6-10)4-8-2-1-3-11-8/h1-3,7H,4-6,9-10H2. The van der Waals surface area contributed by atoms with Crippen LogP contribution in [0.25, 0.3) is 0 Å². The molecule has 0 aliphatic heterocycles. The zero-order valence-corrected chi connectivity index (χ0v) is 6.49. The van der Waals surface area contributed by atoms with Crippen LogP contribution in [-0.2, 0) is 6.42 Å². The van der Waals surface area contributed by atoms with E-state index in [-0.39, 0.29) is 0 Å². The minimum atomic E-state index is 0.348. The Morgan fingerprint density at radius 3 is 2.55 bits per heavy atom. The van der Waals surface area contributed by atoms with Crippen LogP contribution >= 0.6 is 0 Å². The summed E-state index contributed by atoms with van der Waals surface area (Å²) < 4.78 is 5.16. The van der Waals surface area contributed by atoms with Gasteiger partial charge in [-0.3, -0.25) is 0 Å². The molecule has 62 valence electrons. The lowest BCUT2D eigenvalue weighted by molar-refractivity contribution is 0.447. The van der Waals surface area contributed by atoms with Crippen LogP contribution in [0.15, 0.2) is 22.8 Å². The van der Waals surface area contributed by atoms with E-state index < -0.39 is 0 Å². The van der Waals surface area contributed by atoms with Gasteiger partial charge < -0.3 is 15.9 Å². The molecule has 0 radical (unpaired) electrons. The largest absolute Gasteiger partial charge is 0.469 e. The SMILES string of the molecule is NCC(CN)Cc1ccco1. The monoisotopic (exact) mass is 154 g/mol. The predicted molar refractivity (Wildman–Crippen MR) is 44.0 cm³/mol. The Morgan fingerprint density at radius 2 is 2.09 bits per heavy atom. The summed E-state index contributed by atoms with van der Waals surface area (Å²) in [5.41, 5.74) is 11.0. The molecule has 0 amide bonds. The van der Waals surface area contributed by atoms with Gasteiger partial charge in [0.25, 0.3) is 0 Å². The molecule has 0 aliphatic rings. The van der Waals surface area contributed by atoms with Gasteiger partial charge in [0.05, 0.1) is 6.26 Å². The highest BCUT2D eigenvalue weighted by molar-refractivity contribution is 4.99. The molecule has 0 bridgehead atoms. The predicted octanol–water partition coefficient (Wildman–Crippen LogP) is 0.356. The Kier molecular flexibility index (Phi) is 3.14. The van der Waals surface area contributed by atoms with E-state index in [1.807, 2.05) is 12.1 Å². The van der Waals surface area contributed by atoms with Gasteiger partial charge in [0.2, 0.25) is 0 Å². The summed E-state index contributed by atoms with van der Waals surface area (Å²) in [6.07, 6.45) is 2.51. The fourth-order valence-corrected chi connectivity index (χ4v) is 0.976. The number of hydrogen-bond donors (Lipinski definition) is 2. The molecule has 0 unspecified atom stereocenters. The third kappa shape index (κ3) is 2.37. The van der Waals surface area contributed by atoms with Crippen molar-refractivity contribution in [2.45, 2.75) is 6.42 Å². The van der Waals surface area contributed by atoms with E-state index in [2.05, 4.69) is 0 Å². The first-order valence-corrected chi connectivity index (χ1v) is 3.79. The quantitative estimate of drug-likeness (QED) is 0.658. The molecule has 1 aromatic rings. The molecule has 3 nitrogen and oxygen atoms in total. The normalized spacial score (nSPS) is 10.8. The Labute approximate surface area is 66.4 Å². The minimum Gasteiger partial charge on any atom is -0.469 e. The summed E-state index contributed by atoms with van der Waals surface area (Å²) in [6, 6.07) is 3.82. The second-order valence-electron chi connectivity index (χ2n) is 2.62. The van der Waals surface area contributed by atoms with Gasteiger partial charge in [-0.1, -0.05) is 0 Å². The van der Waals surface area contributed by atoms with Crippen molar-refractivity contribution in [1.82, 2.24) is 0 Å². The van der Waals surface area contributed by atoms with Gasteiger partial charge in [0.1, 0.15) is 5.76 Å². The Hall–Kier alpha value is -0.800. The van der Waals surface area contributed by atoms with E-state index >= 15 is 0 Å². The molecule has 0 spiro atoms. The van der Waals surface area contributed by atoms with Crippen molar-refractivity contribution in [2.75, 3.05) is 13.1 Å². The highest BCUT2D eigenvalue weighted by Gasteiger charge is 2.06. The first-order valence-electron chi connectivity index (χ1n) is 3.79. The van der Waals surface area contributed by atoms with E-state index in [1.165, 1.54) is 0 Å². The molecule has 11 heavy (non-hydrogen) atoms. The highest BCUT2D eigenvalue weighted by Crippen LogP contribution is 2.06. The molecule has 0 saturated carbocycles. The first kappa shape index (κ1) is 8.30. The second kappa shape index (κ2) is 4.16. The third-order valence-electron chi connectivity index (χ3n) is 1.74. The van der Waals surface area contributed by atoms with Crippen LogP contribution in [0, 0.1) is 5.92 Å². The smallest absolute Gasteiger partial charge is 0.104 e. The summed E-state index contributed by atoms with van der Waals surface area (Å²) in [6.45, 7) is 1.24. The molecule has 0 saturated heterocycles. The van der Waals surface area contributed by atoms with Gasteiger partial charge in [-0.15, -0.1) is 0 Å². The maximum atomic E-state index is 5.48. The first-order chi connectivity index (χ1) is 5.36. The molecular weight excluding hydrogens is 140 g/mol. The van der Waals surface area contributed by atoms with Crippen molar-refractivity contribution in [3.05, 3.63) is 24.2 Å². The summed E-state index contributed by atoms with van der Waals surface area (Å²) in [4.78, 5) is 0. The maximum Gasteiger partial charge on any atom is 0.104 e. The van der Waals surface area contributed by atoms with Crippen LogP contribution in [0.5, 0.6) is 0 Å². The van der Waals surface area contributed by atoms with Crippen LogP contribution in [0.2, 0.25) is 0 Å². The van der Waals surface area contributed by atoms with Gasteiger partial charge in [-0.2, -0.15) is 0 Å². The number of furan rings is 1. The van der Waals surface area contributed by atoms with Crippen molar-refractivity contribution >= 4 is 0 Å². The minimum absolute atomic E-state index is 0.348. The second-order valence-corrected chi connectivity index (χ2v) is 2.62. The average molecular weight is 154 g/mol. The molecule has 3 heteroatoms. The fourth-order valence-electron chi connectivity index (χ4n) is 0.976. The van der Waals surface area contributed by atoms with Crippen molar-refractivity contribution in [2.24, 2.45) is 17.4 Å². The number of nitrogens with two attached hydrogens (primary N) is 2. The molecule has 1 aromatic heterocycles. The lowest BCUT2D eigenvalue weighted by atomic mass is 10.1. The van der Waals surface area contributed by atoms with E-state index in [0.717, 1.165) is 12.2 Å². The summed E-state index contributed by atoms with van der Waals surface area (Å²) in [7, 11) is 0. The molecule has 1 rings (SSSR count). The van der Waals surface area contributed by atoms with E-state index in [4.69, 9.17) is 15.9 Å². The van der Waals surface area contributed by atoms with Crippen molar-refractivity contribution in [3.8, 4) is 0 Å². The van der Waals surface area contributed by atoms with Crippen molar-refractivity contribution in [3.63, 3.8) is 0 Å². The topological polar surface area (TPSA) is 65.2 Å². The zero-order chi connectivity index (χ0) is 8.10. The van der Waals surface area contributed by atoms with Crippen LogP contribution in [0.4, 0.5) is 0 Å². The van der Waals surface area contributed by atoms with Gasteiger partial charge in [-0.25, -0.2) is 0 Å². The summed E-state index contributed by atoms with van der Waals surface area (Å²) >= 11 is 0. The van der Waals surface area contributed by atoms with Gasteiger partial charge in [0, 0.05) is 6.42 Å². The van der Waals surface area contributed by atoms with Crippen molar-refractivity contribution < 1.29 is 4.42 Å². The van der Waals surface area contributed by atoms with Crippen LogP contribution in [-0.4, -0.2) is 13.1 Å². The molecule has 4 N–H and O–H groups in total. The molecular formula is C8H14N2O. The van der Waals surface area contributed by atoms with E-state index in [9.17, 15) is 0 Å². The highest BCUT2D eigenvalue weighted by atomic mass is 16.3. The van der Waals surface area contributed by atoms with Crippen LogP contribution in [0.1, 0.15) is 5.76 Å². The van der Waals surface area contributed by atoms with Gasteiger partial charge >= 0.3 is 0 Å². The summed E-state index contributed by atoms with van der Waals surface area (Å²) in [5, 5.41) is 0. The van der Waals surface area contributed by atoms with E-state index in [1.54, 1.807) is 6.26 Å². The Bertz CT molecular complexity index is 180. The molecule has 1 heterocycles. The molecule has 0 fully saturated rings. The Balaban J connectivity index is 2.41. The fraction of sp³-hybridized carbons (Fsp3) is 0.500.